The fraction of sp³-hybridized carbons (Fsp3) is 0. The monoisotopic (exact) mass is 158 g/mol. The minimum atomic E-state index is -0.238. The van der Waals surface area contributed by atoms with Gasteiger partial charge in [0.1, 0.15) is 0 Å². The summed E-state index contributed by atoms with van der Waals surface area (Å²) in [7, 11) is 0. The van der Waals surface area contributed by atoms with Crippen LogP contribution in [0.4, 0.5) is 0 Å². The second-order valence-corrected chi connectivity index (χ2v) is 2.41. The van der Waals surface area contributed by atoms with E-state index in [4.69, 9.17) is 0 Å². The molecule has 0 radical (unpaired) electrons. The Kier molecular flexibility index (Phi) is 1.55. The Bertz CT molecular complexity index is 468. The van der Waals surface area contributed by atoms with Gasteiger partial charge in [0.25, 0.3) is 5.56 Å². The van der Waals surface area contributed by atoms with Gasteiger partial charge in [-0.1, -0.05) is 12.1 Å². The molecule has 3 nitrogen and oxygen atoms in total. The third-order valence-electron chi connectivity index (χ3n) is 1.58. The van der Waals surface area contributed by atoms with E-state index in [-0.39, 0.29) is 5.56 Å². The number of aromatic nitrogens is 2. The third-order valence-corrected chi connectivity index (χ3v) is 1.58. The van der Waals surface area contributed by atoms with Crippen molar-refractivity contribution in [2.75, 3.05) is 0 Å². The minimum absolute atomic E-state index is 0.238. The highest BCUT2D eigenvalue weighted by Crippen LogP contribution is 2.03. The van der Waals surface area contributed by atoms with Crippen LogP contribution in [0.2, 0.25) is 0 Å². The van der Waals surface area contributed by atoms with Crippen molar-refractivity contribution in [2.24, 2.45) is 0 Å². The lowest BCUT2D eigenvalue weighted by molar-refractivity contribution is 1.28. The number of pyridine rings is 1. The largest absolute Gasteiger partial charge is 0.270 e. The molecule has 0 saturated heterocycles. The maximum atomic E-state index is 10.9. The molecule has 0 saturated carbocycles. The van der Waals surface area contributed by atoms with E-state index in [0.717, 1.165) is 5.39 Å². The summed E-state index contributed by atoms with van der Waals surface area (Å²) in [6, 6.07) is 6.78. The Morgan fingerprint density at radius 2 is 2.08 bits per heavy atom. The molecule has 0 aromatic carbocycles. The first-order valence-electron chi connectivity index (χ1n) is 3.57. The molecule has 0 fully saturated rings. The van der Waals surface area contributed by atoms with E-state index in [1.165, 1.54) is 6.07 Å². The second kappa shape index (κ2) is 2.70. The third kappa shape index (κ3) is 1.16. The molecule has 0 amide bonds. The first-order valence-corrected chi connectivity index (χ1v) is 3.57. The highest BCUT2D eigenvalue weighted by Gasteiger charge is 1.90. The lowest BCUT2D eigenvalue weighted by atomic mass is 10.3. The zero-order chi connectivity index (χ0) is 8.39. The molecular formula is C9H6N2O. The molecule has 0 atom stereocenters. The molecule has 0 unspecified atom stereocenters. The molecular weight excluding hydrogens is 152 g/mol. The Hall–Kier alpha value is -1.77. The van der Waals surface area contributed by atoms with Gasteiger partial charge in [-0.2, -0.15) is 0 Å². The minimum Gasteiger partial charge on any atom is -0.267 e. The van der Waals surface area contributed by atoms with Crippen LogP contribution in [-0.2, 0) is 0 Å². The van der Waals surface area contributed by atoms with Gasteiger partial charge in [-0.05, 0) is 6.07 Å². The zero-order valence-corrected chi connectivity index (χ0v) is 6.27. The van der Waals surface area contributed by atoms with E-state index in [1.54, 1.807) is 18.5 Å². The van der Waals surface area contributed by atoms with Gasteiger partial charge < -0.3 is 0 Å². The lowest BCUT2D eigenvalue weighted by Gasteiger charge is -1.85. The summed E-state index contributed by atoms with van der Waals surface area (Å²) in [5.41, 5.74) is 0.394. The molecule has 3 heteroatoms. The normalized spacial score (nSPS) is 10.0. The molecule has 0 aliphatic rings. The fourth-order valence-corrected chi connectivity index (χ4v) is 1.02. The summed E-state index contributed by atoms with van der Waals surface area (Å²) < 4.78 is 0. The number of nitrogens with zero attached hydrogens (tertiary/aromatic N) is 2. The van der Waals surface area contributed by atoms with Crippen LogP contribution < -0.4 is 5.56 Å². The lowest BCUT2D eigenvalue weighted by Crippen LogP contribution is -1.97. The zero-order valence-electron chi connectivity index (χ0n) is 6.27. The fourth-order valence-electron chi connectivity index (χ4n) is 1.02. The van der Waals surface area contributed by atoms with Gasteiger partial charge in [-0.25, -0.2) is 4.98 Å². The first-order chi connectivity index (χ1) is 5.86. The van der Waals surface area contributed by atoms with Crippen LogP contribution in [0.15, 0.2) is 41.5 Å². The highest BCUT2D eigenvalue weighted by molar-refractivity contribution is 5.76. The molecule has 12 heavy (non-hydrogen) atoms. The summed E-state index contributed by atoms with van der Waals surface area (Å²) in [4.78, 5) is 18.6. The maximum absolute atomic E-state index is 10.9. The summed E-state index contributed by atoms with van der Waals surface area (Å²) in [6.07, 6.45) is 3.26. The van der Waals surface area contributed by atoms with Crippen molar-refractivity contribution in [3.8, 4) is 0 Å². The summed E-state index contributed by atoms with van der Waals surface area (Å²) in [6.45, 7) is 0. The number of fused-ring (bicyclic) bond motifs is 1. The Morgan fingerprint density at radius 3 is 3.00 bits per heavy atom. The van der Waals surface area contributed by atoms with Crippen LogP contribution in [0.5, 0.6) is 0 Å². The molecule has 0 spiro atoms. The molecule has 2 rings (SSSR count). The summed E-state index contributed by atoms with van der Waals surface area (Å²) in [5.74, 6) is 0. The number of hydrogen-bond acceptors (Lipinski definition) is 3. The van der Waals surface area contributed by atoms with Gasteiger partial charge in [-0.3, -0.25) is 9.78 Å². The van der Waals surface area contributed by atoms with Crippen LogP contribution in [-0.4, -0.2) is 9.97 Å². The molecule has 2 aromatic heterocycles. The Morgan fingerprint density at radius 1 is 1.17 bits per heavy atom. The average molecular weight is 158 g/mol. The van der Waals surface area contributed by atoms with E-state index in [0.29, 0.717) is 5.52 Å². The number of rotatable bonds is 0. The van der Waals surface area contributed by atoms with Crippen molar-refractivity contribution in [2.45, 2.75) is 0 Å². The quantitative estimate of drug-likeness (QED) is 0.574. The smallest absolute Gasteiger partial charge is 0.267 e. The second-order valence-electron chi connectivity index (χ2n) is 2.41. The van der Waals surface area contributed by atoms with Crippen molar-refractivity contribution in [1.29, 1.82) is 0 Å². The maximum Gasteiger partial charge on any atom is 0.270 e. The molecule has 0 bridgehead atoms. The van der Waals surface area contributed by atoms with Crippen LogP contribution in [0.25, 0.3) is 10.9 Å². The highest BCUT2D eigenvalue weighted by atomic mass is 16.1. The van der Waals surface area contributed by atoms with Crippen molar-refractivity contribution in [3.05, 3.63) is 47.0 Å². The van der Waals surface area contributed by atoms with E-state index >= 15 is 0 Å². The topological polar surface area (TPSA) is 42.9 Å². The van der Waals surface area contributed by atoms with Gasteiger partial charge in [0.15, 0.2) is 0 Å². The van der Waals surface area contributed by atoms with E-state index < -0.39 is 0 Å². The van der Waals surface area contributed by atoms with Gasteiger partial charge in [0, 0.05) is 17.6 Å². The van der Waals surface area contributed by atoms with Gasteiger partial charge >= 0.3 is 0 Å². The molecule has 2 aromatic rings. The van der Waals surface area contributed by atoms with Crippen LogP contribution >= 0.6 is 0 Å². The van der Waals surface area contributed by atoms with E-state index in [2.05, 4.69) is 9.97 Å². The molecule has 0 N–H and O–H groups in total. The molecule has 0 aliphatic carbocycles. The molecule has 0 aliphatic heterocycles. The standard InChI is InChI=1S/C9H6N2O/c12-9-3-1-2-7-4-5-10-6-8(7)11-9/h1-6H. The number of hydrogen-bond donors (Lipinski definition) is 0. The van der Waals surface area contributed by atoms with Crippen molar-refractivity contribution in [1.82, 2.24) is 9.97 Å². The van der Waals surface area contributed by atoms with Crippen LogP contribution in [0, 0.1) is 0 Å². The SMILES string of the molecule is O=c1cccc2ccncc2n1. The van der Waals surface area contributed by atoms with Crippen LogP contribution in [0.3, 0.4) is 0 Å². The van der Waals surface area contributed by atoms with Gasteiger partial charge in [0.05, 0.1) is 11.7 Å². The van der Waals surface area contributed by atoms with E-state index in [1.807, 2.05) is 12.1 Å². The van der Waals surface area contributed by atoms with Crippen LogP contribution in [0.1, 0.15) is 0 Å². The van der Waals surface area contributed by atoms with Crippen molar-refractivity contribution < 1.29 is 0 Å². The Balaban J connectivity index is 2.98. The van der Waals surface area contributed by atoms with Crippen molar-refractivity contribution in [3.63, 3.8) is 0 Å². The average Bonchev–Trinajstić information content (AvgIpc) is 2.25. The summed E-state index contributed by atoms with van der Waals surface area (Å²) in [5, 5.41) is 0.923. The van der Waals surface area contributed by atoms with Gasteiger partial charge in [0.2, 0.25) is 0 Å². The first kappa shape index (κ1) is 6.91. The molecule has 2 heterocycles. The van der Waals surface area contributed by atoms with E-state index in [9.17, 15) is 4.79 Å². The predicted molar refractivity (Wildman–Crippen MR) is 45.8 cm³/mol. The Labute approximate surface area is 68.7 Å². The predicted octanol–water partition coefficient (Wildman–Crippen LogP) is 0.990. The van der Waals surface area contributed by atoms with Crippen molar-refractivity contribution >= 4 is 10.9 Å². The summed E-state index contributed by atoms with van der Waals surface area (Å²) >= 11 is 0. The molecule has 58 valence electrons. The van der Waals surface area contributed by atoms with Gasteiger partial charge in [-0.15, -0.1) is 0 Å².